The van der Waals surface area contributed by atoms with E-state index in [2.05, 4.69) is 0 Å². The summed E-state index contributed by atoms with van der Waals surface area (Å²) in [6, 6.07) is 2.88. The van der Waals surface area contributed by atoms with Crippen molar-refractivity contribution in [2.75, 3.05) is 32.9 Å². The molecule has 2 fully saturated rings. The fourth-order valence-corrected chi connectivity index (χ4v) is 4.27. The highest BCUT2D eigenvalue weighted by Gasteiger charge is 2.44. The molecule has 2 unspecified atom stereocenters. The third-order valence-corrected chi connectivity index (χ3v) is 5.76. The van der Waals surface area contributed by atoms with Crippen molar-refractivity contribution in [3.8, 4) is 5.75 Å². The Hall–Kier alpha value is -2.42. The van der Waals surface area contributed by atoms with E-state index in [1.165, 1.54) is 12.1 Å². The largest absolute Gasteiger partial charge is 0.484 e. The van der Waals surface area contributed by atoms with Crippen LogP contribution in [0.3, 0.4) is 0 Å². The van der Waals surface area contributed by atoms with E-state index in [1.54, 1.807) is 18.7 Å². The predicted molar refractivity (Wildman–Crippen MR) is 105 cm³/mol. The Kier molecular flexibility index (Phi) is 7.03. The highest BCUT2D eigenvalue weighted by molar-refractivity contribution is 6.15. The van der Waals surface area contributed by atoms with Crippen LogP contribution in [0.4, 0.5) is 13.2 Å². The van der Waals surface area contributed by atoms with Crippen molar-refractivity contribution in [1.29, 1.82) is 0 Å². The quantitative estimate of drug-likeness (QED) is 0.635. The van der Waals surface area contributed by atoms with Crippen LogP contribution in [0.5, 0.6) is 5.75 Å². The first-order valence-corrected chi connectivity index (χ1v) is 10.4. The monoisotopic (exact) mass is 441 g/mol. The number of alkyl halides is 3. The van der Waals surface area contributed by atoms with Gasteiger partial charge in [-0.2, -0.15) is 13.2 Å². The number of morpholine rings is 1. The first-order chi connectivity index (χ1) is 14.6. The van der Waals surface area contributed by atoms with Gasteiger partial charge in [-0.05, 0) is 42.2 Å². The van der Waals surface area contributed by atoms with Crippen LogP contribution in [-0.4, -0.2) is 61.5 Å². The molecule has 0 spiro atoms. The lowest BCUT2D eigenvalue weighted by Crippen LogP contribution is -2.41. The summed E-state index contributed by atoms with van der Waals surface area (Å²) in [7, 11) is 0. The van der Waals surface area contributed by atoms with Crippen LogP contribution >= 0.6 is 0 Å². The van der Waals surface area contributed by atoms with Crippen LogP contribution in [0, 0.1) is 12.8 Å². The molecule has 1 aliphatic carbocycles. The molecule has 0 bridgehead atoms. The van der Waals surface area contributed by atoms with Crippen LogP contribution in [0.25, 0.3) is 0 Å². The number of Topliss-reactive ketones (excluding diaryl/α,β-unsaturated/α-hetero) is 2. The van der Waals surface area contributed by atoms with E-state index in [4.69, 9.17) is 9.47 Å². The zero-order chi connectivity index (χ0) is 22.8. The van der Waals surface area contributed by atoms with Gasteiger partial charge in [0.25, 0.3) is 0 Å². The summed E-state index contributed by atoms with van der Waals surface area (Å²) in [5.41, 5.74) is 1.66. The second kappa shape index (κ2) is 9.38. The minimum Gasteiger partial charge on any atom is -0.484 e. The average molecular weight is 441 g/mol. The van der Waals surface area contributed by atoms with Gasteiger partial charge in [-0.15, -0.1) is 0 Å². The number of amides is 1. The van der Waals surface area contributed by atoms with Crippen LogP contribution in [0.1, 0.15) is 42.4 Å². The molecule has 1 heterocycles. The van der Waals surface area contributed by atoms with Gasteiger partial charge in [0.2, 0.25) is 5.91 Å². The maximum atomic E-state index is 13.1. The normalized spacial score (nSPS) is 22.2. The highest BCUT2D eigenvalue weighted by atomic mass is 19.4. The van der Waals surface area contributed by atoms with Crippen molar-refractivity contribution in [2.45, 2.75) is 45.2 Å². The first-order valence-electron chi connectivity index (χ1n) is 10.4. The minimum absolute atomic E-state index is 0.00546. The molecule has 0 N–H and O–H groups in total. The number of rotatable bonds is 6. The molecule has 2 atom stereocenters. The van der Waals surface area contributed by atoms with Gasteiger partial charge < -0.3 is 14.4 Å². The van der Waals surface area contributed by atoms with Gasteiger partial charge in [0.15, 0.2) is 12.4 Å². The standard InChI is InChI=1S/C22H26F3NO5/c1-3-14-9-16(31-12-22(23,24)25)8-13(2)19(14)20-17(27)10-15(21(20)29)11-18(28)26-4-6-30-7-5-26/h8-9,15,20H,3-7,10-12H2,1-2H3. The molecular formula is C22H26F3NO5. The number of hydrogen-bond donors (Lipinski definition) is 0. The summed E-state index contributed by atoms with van der Waals surface area (Å²) in [5.74, 6) is -2.35. The number of ketones is 2. The van der Waals surface area contributed by atoms with E-state index in [-0.39, 0.29) is 36.1 Å². The Morgan fingerprint density at radius 2 is 1.90 bits per heavy atom. The lowest BCUT2D eigenvalue weighted by Gasteiger charge is -2.27. The van der Waals surface area contributed by atoms with Gasteiger partial charge in [0.05, 0.1) is 13.2 Å². The summed E-state index contributed by atoms with van der Waals surface area (Å²) < 4.78 is 47.5. The zero-order valence-electron chi connectivity index (χ0n) is 17.6. The van der Waals surface area contributed by atoms with Gasteiger partial charge in [-0.3, -0.25) is 14.4 Å². The summed E-state index contributed by atoms with van der Waals surface area (Å²) in [6.07, 6.45) is -4.06. The van der Waals surface area contributed by atoms with E-state index >= 15 is 0 Å². The average Bonchev–Trinajstić information content (AvgIpc) is 2.99. The minimum atomic E-state index is -4.46. The highest BCUT2D eigenvalue weighted by Crippen LogP contribution is 2.39. The fraction of sp³-hybridized carbons (Fsp3) is 0.591. The Labute approximate surface area is 178 Å². The molecule has 6 nitrogen and oxygen atoms in total. The van der Waals surface area contributed by atoms with E-state index in [0.29, 0.717) is 49.4 Å². The number of carbonyl (C=O) groups excluding carboxylic acids is 3. The molecule has 170 valence electrons. The van der Waals surface area contributed by atoms with Crippen LogP contribution < -0.4 is 4.74 Å². The molecule has 1 aliphatic heterocycles. The van der Waals surface area contributed by atoms with Gasteiger partial charge in [0.1, 0.15) is 17.5 Å². The Morgan fingerprint density at radius 3 is 2.52 bits per heavy atom. The van der Waals surface area contributed by atoms with Gasteiger partial charge in [0, 0.05) is 31.8 Å². The zero-order valence-corrected chi connectivity index (χ0v) is 17.6. The van der Waals surface area contributed by atoms with Crippen LogP contribution in [-0.2, 0) is 25.5 Å². The molecule has 0 radical (unpaired) electrons. The number of carbonyl (C=O) groups is 3. The number of ether oxygens (including phenoxy) is 2. The molecule has 9 heteroatoms. The van der Waals surface area contributed by atoms with Gasteiger partial charge >= 0.3 is 6.18 Å². The van der Waals surface area contributed by atoms with E-state index in [1.807, 2.05) is 0 Å². The van der Waals surface area contributed by atoms with Gasteiger partial charge in [-0.1, -0.05) is 6.92 Å². The summed E-state index contributed by atoms with van der Waals surface area (Å²) in [5, 5.41) is 0. The number of halogens is 3. The number of aryl methyl sites for hydroxylation is 2. The molecule has 31 heavy (non-hydrogen) atoms. The Morgan fingerprint density at radius 1 is 1.23 bits per heavy atom. The molecule has 3 rings (SSSR count). The van der Waals surface area contributed by atoms with E-state index < -0.39 is 24.6 Å². The molecule has 2 aliphatic rings. The second-order valence-corrected chi connectivity index (χ2v) is 7.97. The van der Waals surface area contributed by atoms with Crippen molar-refractivity contribution < 1.29 is 37.0 Å². The lowest BCUT2D eigenvalue weighted by molar-refractivity contribution is -0.153. The van der Waals surface area contributed by atoms with Crippen molar-refractivity contribution in [3.05, 3.63) is 28.8 Å². The Balaban J connectivity index is 1.79. The van der Waals surface area contributed by atoms with Crippen LogP contribution in [0.15, 0.2) is 12.1 Å². The Bertz CT molecular complexity index is 861. The lowest BCUT2D eigenvalue weighted by atomic mass is 9.85. The second-order valence-electron chi connectivity index (χ2n) is 7.97. The van der Waals surface area contributed by atoms with Crippen molar-refractivity contribution in [1.82, 2.24) is 4.90 Å². The van der Waals surface area contributed by atoms with E-state index in [0.717, 1.165) is 0 Å². The summed E-state index contributed by atoms with van der Waals surface area (Å²) in [6.45, 7) is 3.88. The number of hydrogen-bond acceptors (Lipinski definition) is 5. The third kappa shape index (κ3) is 5.44. The number of nitrogens with zero attached hydrogens (tertiary/aromatic N) is 1. The molecule has 1 amide bonds. The molecule has 1 saturated carbocycles. The van der Waals surface area contributed by atoms with E-state index in [9.17, 15) is 27.6 Å². The first kappa shape index (κ1) is 23.2. The molecule has 1 aromatic carbocycles. The summed E-state index contributed by atoms with van der Waals surface area (Å²) in [4.78, 5) is 40.0. The van der Waals surface area contributed by atoms with Crippen molar-refractivity contribution >= 4 is 17.5 Å². The van der Waals surface area contributed by atoms with Crippen LogP contribution in [0.2, 0.25) is 0 Å². The maximum absolute atomic E-state index is 13.1. The predicted octanol–water partition coefficient (Wildman–Crippen LogP) is 2.99. The number of benzene rings is 1. The molecular weight excluding hydrogens is 415 g/mol. The molecule has 1 saturated heterocycles. The molecule has 1 aromatic rings. The van der Waals surface area contributed by atoms with Crippen molar-refractivity contribution in [3.63, 3.8) is 0 Å². The summed E-state index contributed by atoms with van der Waals surface area (Å²) >= 11 is 0. The third-order valence-electron chi connectivity index (χ3n) is 5.76. The smallest absolute Gasteiger partial charge is 0.422 e. The van der Waals surface area contributed by atoms with Gasteiger partial charge in [-0.25, -0.2) is 0 Å². The molecule has 0 aromatic heterocycles. The topological polar surface area (TPSA) is 72.9 Å². The fourth-order valence-electron chi connectivity index (χ4n) is 4.27. The maximum Gasteiger partial charge on any atom is 0.422 e. The van der Waals surface area contributed by atoms with Crippen molar-refractivity contribution in [2.24, 2.45) is 5.92 Å². The SMILES string of the molecule is CCc1cc(OCC(F)(F)F)cc(C)c1C1C(=O)CC(CC(=O)N2CCOCC2)C1=O.